The number of hydrogen-bond donors (Lipinski definition) is 1. The molecule has 2 heterocycles. The number of anilines is 1. The molecule has 1 aliphatic rings. The lowest BCUT2D eigenvalue weighted by Gasteiger charge is -2.29. The number of carboxylic acid groups (broad SMARTS) is 1. The van der Waals surface area contributed by atoms with Gasteiger partial charge in [-0.2, -0.15) is 0 Å². The van der Waals surface area contributed by atoms with E-state index in [1.54, 1.807) is 18.5 Å². The van der Waals surface area contributed by atoms with E-state index in [1.165, 1.54) is 0 Å². The Morgan fingerprint density at radius 2 is 2.21 bits per heavy atom. The number of carboxylic acids is 1. The summed E-state index contributed by atoms with van der Waals surface area (Å²) in [5, 5.41) is 16.9. The first-order valence-corrected chi connectivity index (χ1v) is 6.59. The van der Waals surface area contributed by atoms with Crippen LogP contribution in [0.2, 0.25) is 0 Å². The van der Waals surface area contributed by atoms with Crippen molar-refractivity contribution < 1.29 is 9.90 Å². The molecule has 19 heavy (non-hydrogen) atoms. The van der Waals surface area contributed by atoms with Crippen LogP contribution in [-0.4, -0.2) is 32.4 Å². The first kappa shape index (κ1) is 12.2. The minimum absolute atomic E-state index is 0.274. The van der Waals surface area contributed by atoms with Crippen molar-refractivity contribution in [3.63, 3.8) is 0 Å². The van der Waals surface area contributed by atoms with Crippen LogP contribution < -0.4 is 4.90 Å². The summed E-state index contributed by atoms with van der Waals surface area (Å²) in [4.78, 5) is 13.1. The molecule has 1 aliphatic heterocycles. The zero-order valence-electron chi connectivity index (χ0n) is 9.95. The number of hydrogen-bond acceptors (Lipinski definition) is 4. The van der Waals surface area contributed by atoms with Gasteiger partial charge < -0.3 is 14.6 Å². The Bertz CT molecular complexity index is 640. The van der Waals surface area contributed by atoms with Gasteiger partial charge in [0.1, 0.15) is 6.33 Å². The summed E-state index contributed by atoms with van der Waals surface area (Å²) < 4.78 is 2.80. The van der Waals surface area contributed by atoms with E-state index >= 15 is 0 Å². The summed E-state index contributed by atoms with van der Waals surface area (Å²) >= 11 is 3.43. The number of fused-ring (bicyclic) bond motifs is 1. The Kier molecular flexibility index (Phi) is 2.98. The van der Waals surface area contributed by atoms with Crippen LogP contribution in [0.3, 0.4) is 0 Å². The van der Waals surface area contributed by atoms with E-state index in [4.69, 9.17) is 5.11 Å². The lowest BCUT2D eigenvalue weighted by atomic mass is 10.2. The molecule has 1 aromatic carbocycles. The highest BCUT2D eigenvalue weighted by Crippen LogP contribution is 2.29. The maximum Gasteiger partial charge on any atom is 0.335 e. The van der Waals surface area contributed by atoms with E-state index in [9.17, 15) is 4.79 Å². The fourth-order valence-electron chi connectivity index (χ4n) is 2.17. The SMILES string of the molecule is O=C(O)c1ccc(N2CCn3cnnc3C2)c(Br)c1. The zero-order chi connectivity index (χ0) is 13.4. The van der Waals surface area contributed by atoms with Gasteiger partial charge in [0, 0.05) is 17.6 Å². The molecule has 6 nitrogen and oxygen atoms in total. The van der Waals surface area contributed by atoms with Crippen LogP contribution in [0, 0.1) is 0 Å². The van der Waals surface area contributed by atoms with Gasteiger partial charge in [-0.05, 0) is 34.1 Å². The summed E-state index contributed by atoms with van der Waals surface area (Å²) in [5.74, 6) is -0.00824. The van der Waals surface area contributed by atoms with Crippen LogP contribution in [0.1, 0.15) is 16.2 Å². The average Bonchev–Trinajstić information content (AvgIpc) is 2.85. The molecule has 7 heteroatoms. The number of aromatic nitrogens is 3. The van der Waals surface area contributed by atoms with Crippen molar-refractivity contribution in [3.8, 4) is 0 Å². The van der Waals surface area contributed by atoms with E-state index < -0.39 is 5.97 Å². The fraction of sp³-hybridized carbons (Fsp3) is 0.250. The largest absolute Gasteiger partial charge is 0.478 e. The smallest absolute Gasteiger partial charge is 0.335 e. The summed E-state index contributed by atoms with van der Waals surface area (Å²) in [6.45, 7) is 2.34. The Hall–Kier alpha value is -1.89. The Labute approximate surface area is 117 Å². The molecule has 98 valence electrons. The quantitative estimate of drug-likeness (QED) is 0.912. The predicted molar refractivity (Wildman–Crippen MR) is 72.2 cm³/mol. The van der Waals surface area contributed by atoms with Crippen LogP contribution >= 0.6 is 15.9 Å². The Morgan fingerprint density at radius 1 is 1.37 bits per heavy atom. The van der Waals surface area contributed by atoms with Crippen molar-refractivity contribution in [1.29, 1.82) is 0 Å². The Morgan fingerprint density at radius 3 is 2.95 bits per heavy atom. The monoisotopic (exact) mass is 322 g/mol. The maximum atomic E-state index is 10.9. The summed E-state index contributed by atoms with van der Waals surface area (Å²) in [7, 11) is 0. The van der Waals surface area contributed by atoms with Gasteiger partial charge in [-0.15, -0.1) is 10.2 Å². The third kappa shape index (κ3) is 2.21. The molecule has 0 spiro atoms. The Balaban J connectivity index is 1.90. The van der Waals surface area contributed by atoms with Crippen LogP contribution in [0.4, 0.5) is 5.69 Å². The highest BCUT2D eigenvalue weighted by atomic mass is 79.9. The van der Waals surface area contributed by atoms with Gasteiger partial charge in [0.2, 0.25) is 0 Å². The topological polar surface area (TPSA) is 71.2 Å². The molecule has 2 aromatic rings. The minimum atomic E-state index is -0.925. The molecule has 0 radical (unpaired) electrons. The van der Waals surface area contributed by atoms with Crippen molar-refractivity contribution in [3.05, 3.63) is 40.4 Å². The van der Waals surface area contributed by atoms with Crippen molar-refractivity contribution in [2.75, 3.05) is 11.4 Å². The second-order valence-corrected chi connectivity index (χ2v) is 5.19. The zero-order valence-corrected chi connectivity index (χ0v) is 11.5. The van der Waals surface area contributed by atoms with Crippen LogP contribution in [0.5, 0.6) is 0 Å². The van der Waals surface area contributed by atoms with Crippen LogP contribution in [-0.2, 0) is 13.1 Å². The van der Waals surface area contributed by atoms with Gasteiger partial charge in [0.05, 0.1) is 17.8 Å². The van der Waals surface area contributed by atoms with Crippen molar-refractivity contribution in [1.82, 2.24) is 14.8 Å². The first-order valence-electron chi connectivity index (χ1n) is 5.79. The van der Waals surface area contributed by atoms with Crippen molar-refractivity contribution >= 4 is 27.6 Å². The van der Waals surface area contributed by atoms with Gasteiger partial charge in [0.25, 0.3) is 0 Å². The predicted octanol–water partition coefficient (Wildman–Crippen LogP) is 1.76. The second kappa shape index (κ2) is 4.65. The molecular formula is C12H11BrN4O2. The number of rotatable bonds is 2. The van der Waals surface area contributed by atoms with E-state index in [-0.39, 0.29) is 5.56 Å². The summed E-state index contributed by atoms with van der Waals surface area (Å²) in [6.07, 6.45) is 1.73. The highest BCUT2D eigenvalue weighted by molar-refractivity contribution is 9.10. The van der Waals surface area contributed by atoms with Gasteiger partial charge in [-0.25, -0.2) is 4.79 Å². The van der Waals surface area contributed by atoms with Gasteiger partial charge in [-0.3, -0.25) is 0 Å². The molecular weight excluding hydrogens is 312 g/mol. The molecule has 0 fully saturated rings. The average molecular weight is 323 g/mol. The highest BCUT2D eigenvalue weighted by Gasteiger charge is 2.20. The number of benzene rings is 1. The minimum Gasteiger partial charge on any atom is -0.478 e. The number of aromatic carboxylic acids is 1. The van der Waals surface area contributed by atoms with E-state index in [1.807, 2.05) is 10.6 Å². The summed E-state index contributed by atoms with van der Waals surface area (Å²) in [6, 6.07) is 5.05. The fourth-order valence-corrected chi connectivity index (χ4v) is 2.80. The molecule has 0 bridgehead atoms. The molecule has 0 amide bonds. The lowest BCUT2D eigenvalue weighted by molar-refractivity contribution is 0.0697. The third-order valence-corrected chi connectivity index (χ3v) is 3.81. The van der Waals surface area contributed by atoms with E-state index in [0.717, 1.165) is 29.1 Å². The molecule has 1 N–H and O–H groups in total. The number of halogens is 1. The first-order chi connectivity index (χ1) is 9.15. The molecule has 0 aliphatic carbocycles. The normalized spacial score (nSPS) is 14.3. The number of nitrogens with zero attached hydrogens (tertiary/aromatic N) is 4. The molecule has 3 rings (SSSR count). The van der Waals surface area contributed by atoms with Crippen LogP contribution in [0.15, 0.2) is 29.0 Å². The second-order valence-electron chi connectivity index (χ2n) is 4.33. The van der Waals surface area contributed by atoms with Crippen molar-refractivity contribution in [2.45, 2.75) is 13.1 Å². The van der Waals surface area contributed by atoms with E-state index in [0.29, 0.717) is 6.54 Å². The lowest BCUT2D eigenvalue weighted by Crippen LogP contribution is -2.33. The molecule has 0 saturated heterocycles. The van der Waals surface area contributed by atoms with Crippen molar-refractivity contribution in [2.24, 2.45) is 0 Å². The molecule has 0 atom stereocenters. The van der Waals surface area contributed by atoms with Gasteiger partial charge in [0.15, 0.2) is 5.82 Å². The number of carbonyl (C=O) groups is 1. The van der Waals surface area contributed by atoms with Gasteiger partial charge in [-0.1, -0.05) is 0 Å². The van der Waals surface area contributed by atoms with Gasteiger partial charge >= 0.3 is 5.97 Å². The molecule has 0 unspecified atom stereocenters. The summed E-state index contributed by atoms with van der Waals surface area (Å²) in [5.41, 5.74) is 1.25. The standard InChI is InChI=1S/C12H11BrN4O2/c13-9-5-8(12(18)19)1-2-10(9)16-3-4-17-7-14-15-11(17)6-16/h1-2,5,7H,3-4,6H2,(H,18,19). The maximum absolute atomic E-state index is 10.9. The molecule has 0 saturated carbocycles. The molecule has 1 aromatic heterocycles. The van der Waals surface area contributed by atoms with E-state index in [2.05, 4.69) is 31.0 Å². The van der Waals surface area contributed by atoms with Crippen LogP contribution in [0.25, 0.3) is 0 Å². The third-order valence-electron chi connectivity index (χ3n) is 3.17.